The fraction of sp³-hybridized carbons (Fsp3) is 0.455. The highest BCUT2D eigenvalue weighted by Gasteiger charge is 2.51. The minimum Gasteiger partial charge on any atom is -0.480 e. The Morgan fingerprint density at radius 3 is 1.35 bits per heavy atom. The predicted molar refractivity (Wildman–Crippen MR) is 473 cm³/mol. The summed E-state index contributed by atoms with van der Waals surface area (Å²) in [4.78, 5) is 210. The Morgan fingerprint density at radius 1 is 0.496 bits per heavy atom. The van der Waals surface area contributed by atoms with Gasteiger partial charge in [0.25, 0.3) is 23.7 Å². The number of anilines is 2. The molecule has 2 saturated heterocycles. The van der Waals surface area contributed by atoms with E-state index in [1.165, 1.54) is 70.7 Å². The molecular weight excluding hydrogens is 1710 g/mol. The number of alkyl halides is 4. The number of likely N-dealkylation sites (tertiary alicyclic amines) is 2. The van der Waals surface area contributed by atoms with E-state index in [9.17, 15) is 95.1 Å². The van der Waals surface area contributed by atoms with Crippen molar-refractivity contribution in [1.82, 2.24) is 88.1 Å². The Balaban J connectivity index is 0.928. The summed E-state index contributed by atoms with van der Waals surface area (Å²) >= 11 is 0. The van der Waals surface area contributed by atoms with Crippen LogP contribution in [0.2, 0.25) is 0 Å². The second kappa shape index (κ2) is 49.7. The molecule has 8 atom stereocenters. The Kier molecular flexibility index (Phi) is 38.7. The van der Waals surface area contributed by atoms with E-state index in [2.05, 4.69) is 83.9 Å². The zero-order valence-electron chi connectivity index (χ0n) is 72.9. The van der Waals surface area contributed by atoms with Crippen molar-refractivity contribution in [3.05, 3.63) is 155 Å². The molecule has 43 heteroatoms. The minimum absolute atomic E-state index is 0.00741. The third-order valence-corrected chi connectivity index (χ3v) is 21.4. The highest BCUT2D eigenvalue weighted by molar-refractivity contribution is 6.12. The zero-order valence-corrected chi connectivity index (χ0v) is 72.9. The number of rotatable bonds is 47. The molecule has 0 aliphatic carbocycles. The number of hydrogen-bond acceptors (Lipinski definition) is 20. The quantitative estimate of drug-likeness (QED) is 0.00858. The molecular formula is C88H110F4N24O15. The Labute approximate surface area is 752 Å². The highest BCUT2D eigenvalue weighted by Crippen LogP contribution is 2.34. The summed E-state index contributed by atoms with van der Waals surface area (Å²) < 4.78 is 56.4. The van der Waals surface area contributed by atoms with Gasteiger partial charge in [0.15, 0.2) is 11.9 Å². The molecule has 2 fully saturated rings. The fourth-order valence-corrected chi connectivity index (χ4v) is 14.3. The first kappa shape index (κ1) is 102. The van der Waals surface area contributed by atoms with Gasteiger partial charge in [-0.2, -0.15) is 5.26 Å². The molecule has 8 rings (SSSR count). The van der Waals surface area contributed by atoms with E-state index in [-0.39, 0.29) is 147 Å². The number of benzene rings is 4. The smallest absolute Gasteiger partial charge is 0.326 e. The summed E-state index contributed by atoms with van der Waals surface area (Å²) in [5.74, 6) is -18.4. The van der Waals surface area contributed by atoms with Crippen LogP contribution in [0.1, 0.15) is 135 Å². The summed E-state index contributed by atoms with van der Waals surface area (Å²) in [5, 5.41) is 71.5. The predicted octanol–water partition coefficient (Wildman–Crippen LogP) is 2.88. The van der Waals surface area contributed by atoms with Crippen molar-refractivity contribution >= 4 is 128 Å². The number of para-hydroxylation sites is 2. The lowest BCUT2D eigenvalue weighted by atomic mass is 10.0. The molecule has 0 unspecified atom stereocenters. The lowest BCUT2D eigenvalue weighted by molar-refractivity contribution is -0.142. The molecule has 4 aromatic carbocycles. The second-order valence-electron chi connectivity index (χ2n) is 31.9. The lowest BCUT2D eigenvalue weighted by Gasteiger charge is -2.26. The summed E-state index contributed by atoms with van der Waals surface area (Å²) in [6.45, 7) is 4.29. The van der Waals surface area contributed by atoms with E-state index in [4.69, 9.17) is 23.1 Å². The zero-order chi connectivity index (χ0) is 95.5. The number of pyridine rings is 2. The van der Waals surface area contributed by atoms with Gasteiger partial charge in [-0.05, 0) is 106 Å². The molecule has 0 radical (unpaired) electrons. The number of unbranched alkanes of at least 4 members (excludes halogenated alkanes) is 2. The number of carbonyl (C=O) groups excluding carboxylic acids is 13. The maximum atomic E-state index is 15.0. The average Bonchev–Trinajstić information content (AvgIpc) is 1.41. The number of amides is 13. The number of nitrogens with two attached hydrogens (primary N) is 1. The van der Waals surface area contributed by atoms with Gasteiger partial charge >= 0.3 is 12.1 Å². The first-order valence-corrected chi connectivity index (χ1v) is 42.6. The Bertz CT molecular complexity index is 5200. The van der Waals surface area contributed by atoms with Crippen molar-refractivity contribution in [2.24, 2.45) is 5.73 Å². The summed E-state index contributed by atoms with van der Waals surface area (Å²) in [6, 6.07) is 20.5. The molecule has 2 aromatic heterocycles. The molecule has 700 valence electrons. The van der Waals surface area contributed by atoms with E-state index >= 15 is 0 Å². The van der Waals surface area contributed by atoms with Crippen LogP contribution in [0.15, 0.2) is 122 Å². The molecule has 2 aliphatic rings. The van der Waals surface area contributed by atoms with Crippen molar-refractivity contribution in [3.63, 3.8) is 0 Å². The van der Waals surface area contributed by atoms with Crippen LogP contribution in [-0.2, 0) is 70.4 Å². The third-order valence-electron chi connectivity index (χ3n) is 21.4. The largest absolute Gasteiger partial charge is 0.480 e. The van der Waals surface area contributed by atoms with Crippen LogP contribution in [0, 0.1) is 28.7 Å². The van der Waals surface area contributed by atoms with Crippen LogP contribution in [0.3, 0.4) is 0 Å². The van der Waals surface area contributed by atoms with E-state index in [0.29, 0.717) is 33.8 Å². The number of hydrogen-bond donors (Lipinski definition) is 17. The van der Waals surface area contributed by atoms with Crippen LogP contribution in [0.4, 0.5) is 28.9 Å². The molecule has 0 saturated carbocycles. The van der Waals surface area contributed by atoms with Gasteiger partial charge in [-0.1, -0.05) is 84.9 Å². The van der Waals surface area contributed by atoms with Crippen LogP contribution < -0.4 is 74.9 Å². The van der Waals surface area contributed by atoms with Crippen LogP contribution in [0.25, 0.3) is 26.7 Å². The number of aliphatic carboxylic acids is 1. The number of fused-ring (bicyclic) bond motifs is 2. The topological polar surface area (TPSA) is 556 Å². The van der Waals surface area contributed by atoms with E-state index < -0.39 is 208 Å². The molecule has 2 aliphatic heterocycles. The molecule has 13 amide bonds. The molecule has 4 heterocycles. The highest BCUT2D eigenvalue weighted by atomic mass is 19.3. The van der Waals surface area contributed by atoms with E-state index in [1.807, 2.05) is 0 Å². The number of guanidine groups is 2. The number of carbonyl (C=O) groups is 14. The van der Waals surface area contributed by atoms with Crippen molar-refractivity contribution < 1.29 is 89.8 Å². The SMILES string of the molecule is [C-]#[N+][C@@H]1CC(F)(F)CN1C(=O)CNC(=O)c1ccnc2c(NC(=O)CCC(=O)N[C@@H](CCCNC(=N)N(C)C)C(=O)N[C@@H](Cc3ccccc3)C(=O)NCCCC[C@H](NC(=O)[C@H](Cc3ccccc3)NC(=O)[C@H](CCCNC(=N)N(C)C)NC(=O)CCC(=O)Nc3cccc4c(C(=O)NCC(=O)N5CC(F)(F)C[C@H]5C#N)ccnc34)C(=O)N[C@@H](CCCCN)C(=O)O)cccc12. The minimum atomic E-state index is -3.29. The average molecular weight is 1820 g/mol. The summed E-state index contributed by atoms with van der Waals surface area (Å²) in [5.41, 5.74) is 7.34. The van der Waals surface area contributed by atoms with Crippen LogP contribution in [-0.4, -0.2) is 270 Å². The van der Waals surface area contributed by atoms with Gasteiger partial charge < -0.3 is 94.7 Å². The number of halogens is 4. The number of carboxylic acids is 1. The molecule has 0 spiro atoms. The van der Waals surface area contributed by atoms with Gasteiger partial charge in [0.2, 0.25) is 65.0 Å². The molecule has 6 aromatic rings. The Morgan fingerprint density at radius 2 is 0.893 bits per heavy atom. The van der Waals surface area contributed by atoms with Gasteiger partial charge in [-0.3, -0.25) is 92.9 Å². The number of nitriles is 1. The maximum Gasteiger partial charge on any atom is 0.326 e. The van der Waals surface area contributed by atoms with Crippen molar-refractivity contribution in [3.8, 4) is 6.07 Å². The van der Waals surface area contributed by atoms with Gasteiger partial charge in [-0.15, -0.1) is 0 Å². The fourth-order valence-electron chi connectivity index (χ4n) is 14.3. The monoisotopic (exact) mass is 1820 g/mol. The lowest BCUT2D eigenvalue weighted by Crippen LogP contribution is -2.58. The number of carboxylic acid groups (broad SMARTS) is 1. The van der Waals surface area contributed by atoms with Gasteiger partial charge in [0.05, 0.1) is 65.8 Å². The van der Waals surface area contributed by atoms with Crippen molar-refractivity contribution in [2.75, 3.05) is 91.2 Å². The van der Waals surface area contributed by atoms with Crippen molar-refractivity contribution in [1.29, 1.82) is 16.1 Å². The number of nitrogens with zero attached hydrogens (tertiary/aromatic N) is 8. The van der Waals surface area contributed by atoms with Crippen LogP contribution >= 0.6 is 0 Å². The van der Waals surface area contributed by atoms with E-state index in [1.54, 1.807) is 94.9 Å². The molecule has 39 nitrogen and oxygen atoms in total. The summed E-state index contributed by atoms with van der Waals surface area (Å²) in [7, 11) is 6.54. The summed E-state index contributed by atoms with van der Waals surface area (Å²) in [6.07, 6.45) is -1.88. The van der Waals surface area contributed by atoms with Gasteiger partial charge in [-0.25, -0.2) is 28.9 Å². The first-order valence-electron chi connectivity index (χ1n) is 42.6. The first-order chi connectivity index (χ1) is 62.5. The van der Waals surface area contributed by atoms with Crippen molar-refractivity contribution in [2.45, 2.75) is 176 Å². The molecule has 131 heavy (non-hydrogen) atoms. The third kappa shape index (κ3) is 31.7. The van der Waals surface area contributed by atoms with Gasteiger partial charge in [0, 0.05) is 116 Å². The second-order valence-corrected chi connectivity index (χ2v) is 31.9. The number of aromatic nitrogens is 2. The van der Waals surface area contributed by atoms with Gasteiger partial charge in [0.1, 0.15) is 48.7 Å². The molecule has 0 bridgehead atoms. The normalized spacial score (nSPS) is 15.4. The maximum absolute atomic E-state index is 15.0. The molecule has 18 N–H and O–H groups in total. The van der Waals surface area contributed by atoms with E-state index in [0.717, 1.165) is 0 Å². The standard InChI is InChI=1S/C88H110F4N24O15/c1-97-68-47-88(91,92)52-116(68)74(122)50-104-78(124)59-37-43-99-76-57(59)25-17-29-61(76)106-69(117)32-34-71(119)107-62(30-18-40-101-85(95)113(2)3)80(126)111-66(44-53-20-8-6-9-21-53)79(125)100-39-15-13-26-64(82(128)110-65(84(130)131)27-12-14-38-93)109-83(129)67(45-54-22-10-7-11-23-54)112-81(127)63(31-19-41-102-86(96)114(4)5)108-72(120)35-33-70(118)105-60-28-16-24-56-58(36-42-98-75(56)60)77(123)103-49-73(121)115-51-87(89,90)46-55(115)48-94/h6-11,16-17,20-25,28-29,36-37,42-43,55,62-68H,12-15,18-19,26-27,30-35,38-41,44-47,49-52,93H2,2-5H3,(H2,95,101)(H2,96,102)(H,100,125)(H,103,123)(H,104,124)(H,105,118)(H,106,117)(H,107,119)(H,108,120)(H,109,129)(H,110,128)(H,111,126)(H,112,127)(H,130,131)/t55-,62-,63-,64-,65-,66-,67-,68-/m0/s1. The van der Waals surface area contributed by atoms with Crippen LogP contribution in [0.5, 0.6) is 0 Å². The number of nitrogens with one attached hydrogen (secondary N) is 15. The Hall–Kier alpha value is -14.5.